The van der Waals surface area contributed by atoms with Crippen molar-refractivity contribution < 1.29 is 0 Å². The third-order valence-corrected chi connectivity index (χ3v) is 0.989. The molecular weight excluding hydrogens is 163 g/mol. The highest BCUT2D eigenvalue weighted by atomic mass is 35.5. The fraction of sp³-hybridized carbons (Fsp3) is 1.00. The summed E-state index contributed by atoms with van der Waals surface area (Å²) in [5.74, 6) is 5.06. The van der Waals surface area contributed by atoms with Gasteiger partial charge in [-0.2, -0.15) is 0 Å². The number of halogens is 2. The van der Waals surface area contributed by atoms with Crippen LogP contribution in [0, 0.1) is 0 Å². The SMILES string of the molecule is Cl.Cl.NNC1NCCN1. The van der Waals surface area contributed by atoms with Gasteiger partial charge in [-0.25, -0.2) is 5.43 Å². The van der Waals surface area contributed by atoms with E-state index in [1.165, 1.54) is 0 Å². The Morgan fingerprint density at radius 3 is 1.89 bits per heavy atom. The Labute approximate surface area is 66.7 Å². The molecule has 1 aliphatic rings. The molecule has 0 saturated carbocycles. The minimum absolute atomic E-state index is 0. The number of nitrogens with two attached hydrogens (primary N) is 1. The quantitative estimate of drug-likeness (QED) is 0.297. The highest BCUT2D eigenvalue weighted by Gasteiger charge is 2.07. The van der Waals surface area contributed by atoms with Crippen LogP contribution in [0.1, 0.15) is 0 Å². The Hall–Kier alpha value is 0.420. The van der Waals surface area contributed by atoms with Crippen molar-refractivity contribution in [3.05, 3.63) is 0 Å². The molecule has 0 radical (unpaired) electrons. The average molecular weight is 175 g/mol. The van der Waals surface area contributed by atoms with Crippen molar-refractivity contribution in [3.63, 3.8) is 0 Å². The van der Waals surface area contributed by atoms with E-state index in [9.17, 15) is 0 Å². The third-order valence-electron chi connectivity index (χ3n) is 0.989. The second-order valence-corrected chi connectivity index (χ2v) is 1.51. The minimum atomic E-state index is 0. The van der Waals surface area contributed by atoms with Gasteiger partial charge in [0.15, 0.2) is 0 Å². The molecule has 1 aliphatic heterocycles. The summed E-state index contributed by atoms with van der Waals surface area (Å²) < 4.78 is 0. The summed E-state index contributed by atoms with van der Waals surface area (Å²) in [6.45, 7) is 1.99. The molecule has 0 bridgehead atoms. The first kappa shape index (κ1) is 12.1. The van der Waals surface area contributed by atoms with Gasteiger partial charge in [-0.1, -0.05) is 0 Å². The van der Waals surface area contributed by atoms with E-state index in [4.69, 9.17) is 5.84 Å². The van der Waals surface area contributed by atoms with Crippen LogP contribution < -0.4 is 21.9 Å². The number of hydrogen-bond acceptors (Lipinski definition) is 4. The fourth-order valence-electron chi connectivity index (χ4n) is 0.623. The van der Waals surface area contributed by atoms with E-state index in [2.05, 4.69) is 16.1 Å². The van der Waals surface area contributed by atoms with E-state index in [1.54, 1.807) is 0 Å². The van der Waals surface area contributed by atoms with Gasteiger partial charge in [0, 0.05) is 13.1 Å². The smallest absolute Gasteiger partial charge is 0.124 e. The van der Waals surface area contributed by atoms with Crippen LogP contribution in [0.25, 0.3) is 0 Å². The van der Waals surface area contributed by atoms with Gasteiger partial charge in [0.2, 0.25) is 0 Å². The molecule has 9 heavy (non-hydrogen) atoms. The van der Waals surface area contributed by atoms with Gasteiger partial charge in [0.25, 0.3) is 0 Å². The molecule has 1 saturated heterocycles. The van der Waals surface area contributed by atoms with E-state index >= 15 is 0 Å². The highest BCUT2D eigenvalue weighted by molar-refractivity contribution is 5.85. The second kappa shape index (κ2) is 6.54. The lowest BCUT2D eigenvalue weighted by Crippen LogP contribution is -2.48. The van der Waals surface area contributed by atoms with Gasteiger partial charge >= 0.3 is 0 Å². The molecule has 1 heterocycles. The fourth-order valence-corrected chi connectivity index (χ4v) is 0.623. The maximum absolute atomic E-state index is 5.06. The highest BCUT2D eigenvalue weighted by Crippen LogP contribution is 1.74. The maximum atomic E-state index is 5.06. The Kier molecular flexibility index (Phi) is 8.81. The van der Waals surface area contributed by atoms with Crippen molar-refractivity contribution in [1.29, 1.82) is 0 Å². The van der Waals surface area contributed by atoms with E-state index in [0.29, 0.717) is 0 Å². The van der Waals surface area contributed by atoms with Crippen LogP contribution in [-0.2, 0) is 0 Å². The summed E-state index contributed by atoms with van der Waals surface area (Å²) in [5, 5.41) is 6.12. The largest absolute Gasteiger partial charge is 0.287 e. The summed E-state index contributed by atoms with van der Waals surface area (Å²) in [7, 11) is 0. The Bertz CT molecular complexity index is 55.8. The molecule has 0 aromatic rings. The Morgan fingerprint density at radius 1 is 1.22 bits per heavy atom. The molecule has 0 aromatic carbocycles. The summed E-state index contributed by atoms with van der Waals surface area (Å²) >= 11 is 0. The lowest BCUT2D eigenvalue weighted by molar-refractivity contribution is 0.457. The Morgan fingerprint density at radius 2 is 1.67 bits per heavy atom. The predicted molar refractivity (Wildman–Crippen MR) is 41.6 cm³/mol. The van der Waals surface area contributed by atoms with E-state index < -0.39 is 0 Å². The lowest BCUT2D eigenvalue weighted by atomic mass is 10.7. The molecule has 0 amide bonds. The lowest BCUT2D eigenvalue weighted by Gasteiger charge is -2.05. The topological polar surface area (TPSA) is 62.1 Å². The number of rotatable bonds is 1. The first-order chi connectivity index (χ1) is 3.43. The second-order valence-electron chi connectivity index (χ2n) is 1.51. The minimum Gasteiger partial charge on any atom is -0.287 e. The summed E-state index contributed by atoms with van der Waals surface area (Å²) in [6, 6.07) is 0. The van der Waals surface area contributed by atoms with Crippen LogP contribution in [0.5, 0.6) is 0 Å². The van der Waals surface area contributed by atoms with Crippen LogP contribution in [0.4, 0.5) is 0 Å². The Balaban J connectivity index is 0. The van der Waals surface area contributed by atoms with Crippen molar-refractivity contribution in [1.82, 2.24) is 16.1 Å². The zero-order chi connectivity index (χ0) is 5.11. The standard InChI is InChI=1S/C3H10N4.2ClH/c4-7-3-5-1-2-6-3;;/h3,5-7H,1-2,4H2;2*1H. The first-order valence-corrected chi connectivity index (χ1v) is 2.36. The molecule has 6 heteroatoms. The average Bonchev–Trinajstić information content (AvgIpc) is 2.14. The van der Waals surface area contributed by atoms with Crippen molar-refractivity contribution >= 4 is 24.8 Å². The first-order valence-electron chi connectivity index (χ1n) is 2.36. The maximum Gasteiger partial charge on any atom is 0.124 e. The predicted octanol–water partition coefficient (Wildman–Crippen LogP) is -1.23. The van der Waals surface area contributed by atoms with Gasteiger partial charge < -0.3 is 0 Å². The molecule has 1 rings (SSSR count). The normalized spacial score (nSPS) is 18.3. The van der Waals surface area contributed by atoms with Gasteiger partial charge in [-0.05, 0) is 0 Å². The zero-order valence-corrected chi connectivity index (χ0v) is 6.52. The van der Waals surface area contributed by atoms with Crippen LogP contribution in [0.3, 0.4) is 0 Å². The molecule has 0 aromatic heterocycles. The molecule has 0 atom stereocenters. The third kappa shape index (κ3) is 3.91. The van der Waals surface area contributed by atoms with E-state index in [0.717, 1.165) is 13.1 Å². The van der Waals surface area contributed by atoms with Crippen LogP contribution in [0.15, 0.2) is 0 Å². The molecule has 0 spiro atoms. The van der Waals surface area contributed by atoms with E-state index in [1.807, 2.05) is 0 Å². The summed E-state index contributed by atoms with van der Waals surface area (Å²) in [5.41, 5.74) is 2.54. The molecule has 1 fully saturated rings. The number of hydrazine groups is 1. The van der Waals surface area contributed by atoms with Crippen LogP contribution >= 0.6 is 24.8 Å². The monoisotopic (exact) mass is 174 g/mol. The summed E-state index contributed by atoms with van der Waals surface area (Å²) in [6.07, 6.45) is 0.125. The molecule has 4 nitrogen and oxygen atoms in total. The van der Waals surface area contributed by atoms with Gasteiger partial charge in [-0.3, -0.25) is 16.5 Å². The van der Waals surface area contributed by atoms with Crippen molar-refractivity contribution in [2.75, 3.05) is 13.1 Å². The van der Waals surface area contributed by atoms with Gasteiger partial charge in [0.05, 0.1) is 0 Å². The van der Waals surface area contributed by atoms with E-state index in [-0.39, 0.29) is 31.1 Å². The molecule has 5 N–H and O–H groups in total. The molecular formula is C3H12Cl2N4. The van der Waals surface area contributed by atoms with Crippen molar-refractivity contribution in [2.45, 2.75) is 6.29 Å². The molecule has 0 aliphatic carbocycles. The molecule has 58 valence electrons. The summed E-state index contributed by atoms with van der Waals surface area (Å²) in [4.78, 5) is 0. The van der Waals surface area contributed by atoms with Gasteiger partial charge in [-0.15, -0.1) is 24.8 Å². The van der Waals surface area contributed by atoms with Crippen LogP contribution in [0.2, 0.25) is 0 Å². The number of hydrogen-bond donors (Lipinski definition) is 4. The molecule has 0 unspecified atom stereocenters. The van der Waals surface area contributed by atoms with Gasteiger partial charge in [0.1, 0.15) is 6.29 Å². The van der Waals surface area contributed by atoms with Crippen molar-refractivity contribution in [3.8, 4) is 0 Å². The van der Waals surface area contributed by atoms with Crippen LogP contribution in [-0.4, -0.2) is 19.4 Å². The van der Waals surface area contributed by atoms with Crippen molar-refractivity contribution in [2.24, 2.45) is 5.84 Å². The zero-order valence-electron chi connectivity index (χ0n) is 4.89. The number of nitrogens with one attached hydrogen (secondary N) is 3.